The van der Waals surface area contributed by atoms with E-state index in [1.54, 1.807) is 31.2 Å². The first-order chi connectivity index (χ1) is 9.26. The summed E-state index contributed by atoms with van der Waals surface area (Å²) in [6, 6.07) is 6.63. The lowest BCUT2D eigenvalue weighted by Crippen LogP contribution is -2.39. The van der Waals surface area contributed by atoms with Crippen LogP contribution >= 0.6 is 11.6 Å². The molecule has 5 nitrogen and oxygen atoms in total. The van der Waals surface area contributed by atoms with Crippen molar-refractivity contribution in [2.24, 2.45) is 0 Å². The topological polar surface area (TPSA) is 75.6 Å². The maximum absolute atomic E-state index is 11.1. The molecule has 0 saturated carbocycles. The second-order valence-electron chi connectivity index (χ2n) is 4.82. The summed E-state index contributed by atoms with van der Waals surface area (Å²) in [4.78, 5) is 0. The maximum atomic E-state index is 11.1. The van der Waals surface area contributed by atoms with Crippen LogP contribution < -0.4 is 10.1 Å². The molecule has 1 aromatic carbocycles. The molecule has 0 amide bonds. The summed E-state index contributed by atoms with van der Waals surface area (Å²) in [6.45, 7) is 2.15. The number of hydrogen-bond donors (Lipinski definition) is 2. The SMILES string of the molecule is CC(CS(C)(=O)=O)NCC(O)COc1ccc(Cl)cc1. The first-order valence-electron chi connectivity index (χ1n) is 6.24. The van der Waals surface area contributed by atoms with Gasteiger partial charge in [0.25, 0.3) is 0 Å². The highest BCUT2D eigenvalue weighted by molar-refractivity contribution is 7.90. The predicted molar refractivity (Wildman–Crippen MR) is 80.1 cm³/mol. The fourth-order valence-corrected chi connectivity index (χ4v) is 2.78. The van der Waals surface area contributed by atoms with Crippen molar-refractivity contribution in [1.82, 2.24) is 5.32 Å². The summed E-state index contributed by atoms with van der Waals surface area (Å²) in [5, 5.41) is 13.3. The van der Waals surface area contributed by atoms with Crippen LogP contribution in [0.3, 0.4) is 0 Å². The van der Waals surface area contributed by atoms with Gasteiger partial charge >= 0.3 is 0 Å². The number of aliphatic hydroxyl groups excluding tert-OH is 1. The standard InChI is InChI=1S/C13H20ClNO4S/c1-10(9-20(2,17)18)15-7-12(16)8-19-13-5-3-11(14)4-6-13/h3-6,10,12,15-16H,7-9H2,1-2H3. The summed E-state index contributed by atoms with van der Waals surface area (Å²) >= 11 is 5.75. The lowest BCUT2D eigenvalue weighted by Gasteiger charge is -2.17. The summed E-state index contributed by atoms with van der Waals surface area (Å²) in [7, 11) is -3.02. The zero-order valence-electron chi connectivity index (χ0n) is 11.5. The van der Waals surface area contributed by atoms with Gasteiger partial charge in [-0.05, 0) is 31.2 Å². The first-order valence-corrected chi connectivity index (χ1v) is 8.67. The first kappa shape index (κ1) is 17.2. The molecule has 0 aliphatic heterocycles. The van der Waals surface area contributed by atoms with Crippen LogP contribution in [0.4, 0.5) is 0 Å². The third kappa shape index (κ3) is 7.69. The van der Waals surface area contributed by atoms with Gasteiger partial charge in [0, 0.05) is 23.9 Å². The van der Waals surface area contributed by atoms with Gasteiger partial charge in [-0.15, -0.1) is 0 Å². The van der Waals surface area contributed by atoms with Crippen LogP contribution in [0.25, 0.3) is 0 Å². The Hall–Kier alpha value is -0.820. The molecule has 2 atom stereocenters. The molecule has 0 bridgehead atoms. The highest BCUT2D eigenvalue weighted by Gasteiger charge is 2.12. The predicted octanol–water partition coefficient (Wildman–Crippen LogP) is 1.10. The number of rotatable bonds is 8. The number of sulfone groups is 1. The Labute approximate surface area is 124 Å². The number of aliphatic hydroxyl groups is 1. The van der Waals surface area contributed by atoms with Gasteiger partial charge < -0.3 is 15.2 Å². The zero-order valence-corrected chi connectivity index (χ0v) is 13.1. The molecular formula is C13H20ClNO4S. The van der Waals surface area contributed by atoms with E-state index in [9.17, 15) is 13.5 Å². The Morgan fingerprint density at radius 3 is 2.50 bits per heavy atom. The third-order valence-corrected chi connectivity index (χ3v) is 3.87. The van der Waals surface area contributed by atoms with E-state index in [0.717, 1.165) is 0 Å². The molecule has 2 N–H and O–H groups in total. The van der Waals surface area contributed by atoms with Gasteiger partial charge in [-0.3, -0.25) is 0 Å². The third-order valence-electron chi connectivity index (χ3n) is 2.51. The molecular weight excluding hydrogens is 302 g/mol. The molecule has 1 aromatic rings. The molecule has 0 saturated heterocycles. The Balaban J connectivity index is 2.26. The monoisotopic (exact) mass is 321 g/mol. The lowest BCUT2D eigenvalue weighted by atomic mass is 10.3. The average Bonchev–Trinajstić information content (AvgIpc) is 2.33. The van der Waals surface area contributed by atoms with Crippen molar-refractivity contribution in [3.63, 3.8) is 0 Å². The maximum Gasteiger partial charge on any atom is 0.148 e. The van der Waals surface area contributed by atoms with Crippen molar-refractivity contribution < 1.29 is 18.3 Å². The minimum atomic E-state index is -3.02. The Morgan fingerprint density at radius 2 is 1.95 bits per heavy atom. The van der Waals surface area contributed by atoms with E-state index >= 15 is 0 Å². The molecule has 7 heteroatoms. The van der Waals surface area contributed by atoms with Crippen molar-refractivity contribution in [2.75, 3.05) is 25.2 Å². The fraction of sp³-hybridized carbons (Fsp3) is 0.538. The van der Waals surface area contributed by atoms with Gasteiger partial charge in [0.05, 0.1) is 5.75 Å². The summed E-state index contributed by atoms with van der Waals surface area (Å²) in [5.74, 6) is 0.662. The minimum absolute atomic E-state index is 0.0394. The van der Waals surface area contributed by atoms with Gasteiger partial charge in [-0.25, -0.2) is 8.42 Å². The van der Waals surface area contributed by atoms with E-state index in [-0.39, 0.29) is 24.9 Å². The van der Waals surface area contributed by atoms with Crippen molar-refractivity contribution in [2.45, 2.75) is 19.1 Å². The van der Waals surface area contributed by atoms with Crippen molar-refractivity contribution in [1.29, 1.82) is 0 Å². The van der Waals surface area contributed by atoms with E-state index in [1.165, 1.54) is 6.26 Å². The molecule has 0 spiro atoms. The van der Waals surface area contributed by atoms with E-state index in [0.29, 0.717) is 10.8 Å². The van der Waals surface area contributed by atoms with Crippen LogP contribution in [-0.2, 0) is 9.84 Å². The Kier molecular flexibility index (Phi) is 6.75. The van der Waals surface area contributed by atoms with E-state index in [4.69, 9.17) is 16.3 Å². The van der Waals surface area contributed by atoms with Crippen molar-refractivity contribution in [3.8, 4) is 5.75 Å². The van der Waals surface area contributed by atoms with E-state index in [1.807, 2.05) is 0 Å². The van der Waals surface area contributed by atoms with Gasteiger partial charge in [-0.1, -0.05) is 11.6 Å². The summed E-state index contributed by atoms with van der Waals surface area (Å²) in [5.41, 5.74) is 0. The number of hydrogen-bond acceptors (Lipinski definition) is 5. The highest BCUT2D eigenvalue weighted by Crippen LogP contribution is 2.15. The average molecular weight is 322 g/mol. The van der Waals surface area contributed by atoms with Gasteiger partial charge in [0.15, 0.2) is 0 Å². The Bertz CT molecular complexity index is 504. The molecule has 2 unspecified atom stereocenters. The largest absolute Gasteiger partial charge is 0.491 e. The fourth-order valence-electron chi connectivity index (χ4n) is 1.63. The molecule has 1 rings (SSSR count). The molecule has 20 heavy (non-hydrogen) atoms. The molecule has 0 aliphatic carbocycles. The molecule has 0 radical (unpaired) electrons. The number of ether oxygens (including phenoxy) is 1. The second-order valence-corrected chi connectivity index (χ2v) is 7.44. The van der Waals surface area contributed by atoms with Gasteiger partial charge in [0.2, 0.25) is 0 Å². The Morgan fingerprint density at radius 1 is 1.35 bits per heavy atom. The molecule has 0 aromatic heterocycles. The summed E-state index contributed by atoms with van der Waals surface area (Å²) < 4.78 is 27.6. The number of benzene rings is 1. The second kappa shape index (κ2) is 7.83. The van der Waals surface area contributed by atoms with E-state index in [2.05, 4.69) is 5.32 Å². The number of halogens is 1. The minimum Gasteiger partial charge on any atom is -0.491 e. The van der Waals surface area contributed by atoms with Crippen LogP contribution in [0, 0.1) is 0 Å². The quantitative estimate of drug-likeness (QED) is 0.750. The molecule has 114 valence electrons. The van der Waals surface area contributed by atoms with Gasteiger partial charge in [0.1, 0.15) is 28.3 Å². The lowest BCUT2D eigenvalue weighted by molar-refractivity contribution is 0.105. The molecule has 0 fully saturated rings. The smallest absolute Gasteiger partial charge is 0.148 e. The highest BCUT2D eigenvalue weighted by atomic mass is 35.5. The van der Waals surface area contributed by atoms with Crippen LogP contribution in [0.2, 0.25) is 5.02 Å². The van der Waals surface area contributed by atoms with Gasteiger partial charge in [-0.2, -0.15) is 0 Å². The van der Waals surface area contributed by atoms with Crippen molar-refractivity contribution in [3.05, 3.63) is 29.3 Å². The molecule has 0 heterocycles. The van der Waals surface area contributed by atoms with Crippen LogP contribution in [-0.4, -0.2) is 50.8 Å². The van der Waals surface area contributed by atoms with Crippen LogP contribution in [0.15, 0.2) is 24.3 Å². The zero-order chi connectivity index (χ0) is 15.2. The molecule has 0 aliphatic rings. The number of nitrogens with one attached hydrogen (secondary N) is 1. The summed E-state index contributed by atoms with van der Waals surface area (Å²) in [6.07, 6.45) is 0.471. The van der Waals surface area contributed by atoms with E-state index < -0.39 is 15.9 Å². The normalized spacial score (nSPS) is 14.8. The van der Waals surface area contributed by atoms with Crippen LogP contribution in [0.1, 0.15) is 6.92 Å². The van der Waals surface area contributed by atoms with Crippen LogP contribution in [0.5, 0.6) is 5.75 Å². The van der Waals surface area contributed by atoms with Crippen molar-refractivity contribution >= 4 is 21.4 Å².